The van der Waals surface area contributed by atoms with E-state index >= 15 is 0 Å². The molecule has 2 aromatic rings. The third-order valence-corrected chi connectivity index (χ3v) is 6.92. The first kappa shape index (κ1) is 27.3. The molecule has 33 heavy (non-hydrogen) atoms. The minimum atomic E-state index is 0.429. The molecule has 0 saturated carbocycles. The van der Waals surface area contributed by atoms with Crippen LogP contribution < -0.4 is 4.90 Å². The van der Waals surface area contributed by atoms with Crippen LogP contribution >= 0.6 is 11.5 Å². The van der Waals surface area contributed by atoms with Crippen LogP contribution in [0.4, 0.5) is 5.82 Å². The van der Waals surface area contributed by atoms with Crippen LogP contribution in [0.1, 0.15) is 46.5 Å². The summed E-state index contributed by atoms with van der Waals surface area (Å²) in [6.07, 6.45) is 6.16. The topological polar surface area (TPSA) is 69.1 Å². The lowest BCUT2D eigenvalue weighted by Crippen LogP contribution is -2.46. The summed E-state index contributed by atoms with van der Waals surface area (Å²) < 4.78 is 11.8. The molecular weight excluding hydrogens is 434 g/mol. The summed E-state index contributed by atoms with van der Waals surface area (Å²) >= 11 is 1.60. The number of fused-ring (bicyclic) bond motifs is 1. The first-order chi connectivity index (χ1) is 16.1. The summed E-state index contributed by atoms with van der Waals surface area (Å²) in [5.41, 5.74) is 2.21. The molecule has 7 heteroatoms. The number of unbranched alkanes of at least 4 members (excludes halogenated alkanes) is 1. The molecule has 2 heterocycles. The Kier molecular flexibility index (Phi) is 12.5. The van der Waals surface area contributed by atoms with Gasteiger partial charge in [0.25, 0.3) is 0 Å². The second kappa shape index (κ2) is 15.1. The molecule has 0 aliphatic carbocycles. The molecule has 1 saturated heterocycles. The van der Waals surface area contributed by atoms with E-state index in [-0.39, 0.29) is 0 Å². The molecule has 1 fully saturated rings. The molecule has 1 aromatic heterocycles. The van der Waals surface area contributed by atoms with Crippen LogP contribution in [0.5, 0.6) is 0 Å². The number of aliphatic hydroxyl groups excluding tert-OH is 2. The van der Waals surface area contributed by atoms with Crippen molar-refractivity contribution in [2.24, 2.45) is 0 Å². The summed E-state index contributed by atoms with van der Waals surface area (Å²) in [7, 11) is 1.00. The lowest BCUT2D eigenvalue weighted by Gasteiger charge is -2.35. The molecule has 1 aliphatic heterocycles. The smallest absolute Gasteiger partial charge is 0.150 e. The van der Waals surface area contributed by atoms with Crippen LogP contribution in [0, 0.1) is 0 Å². The van der Waals surface area contributed by atoms with Gasteiger partial charge in [0.2, 0.25) is 0 Å². The highest BCUT2D eigenvalue weighted by molar-refractivity contribution is 7.13. The predicted octanol–water partition coefficient (Wildman–Crippen LogP) is 5.40. The number of aliphatic hydroxyl groups is 2. The number of rotatable bonds is 11. The number of benzene rings is 1. The van der Waals surface area contributed by atoms with Gasteiger partial charge >= 0.3 is 0 Å². The molecule has 0 radical (unpaired) electrons. The maximum atomic E-state index is 9.81. The van der Waals surface area contributed by atoms with E-state index in [2.05, 4.69) is 47.1 Å². The van der Waals surface area contributed by atoms with E-state index in [1.54, 1.807) is 18.5 Å². The average Bonchev–Trinajstić information content (AvgIpc) is 3.28. The summed E-state index contributed by atoms with van der Waals surface area (Å²) in [6.45, 7) is 12.9. The molecule has 1 aliphatic rings. The molecule has 1 aromatic carbocycles. The van der Waals surface area contributed by atoms with Crippen LogP contribution in [0.15, 0.2) is 47.2 Å². The van der Waals surface area contributed by atoms with E-state index < -0.39 is 0 Å². The number of piperazine rings is 1. The van der Waals surface area contributed by atoms with Crippen LogP contribution in [-0.4, -0.2) is 72.5 Å². The van der Waals surface area contributed by atoms with Gasteiger partial charge in [0.1, 0.15) is 5.82 Å². The van der Waals surface area contributed by atoms with Gasteiger partial charge in [-0.05, 0) is 87.8 Å². The molecule has 0 spiro atoms. The Labute approximate surface area is 203 Å². The highest BCUT2D eigenvalue weighted by Gasteiger charge is 2.20. The maximum Gasteiger partial charge on any atom is 0.150 e. The second-order valence-corrected chi connectivity index (χ2v) is 9.09. The van der Waals surface area contributed by atoms with Gasteiger partial charge in [0.15, 0.2) is 0 Å². The van der Waals surface area contributed by atoms with Gasteiger partial charge in [-0.3, -0.25) is 4.90 Å². The quantitative estimate of drug-likeness (QED) is 0.258. The summed E-state index contributed by atoms with van der Waals surface area (Å²) in [5, 5.41) is 18.1. The first-order valence-corrected chi connectivity index (χ1v) is 12.7. The van der Waals surface area contributed by atoms with Crippen molar-refractivity contribution in [3.05, 3.63) is 47.2 Å². The Morgan fingerprint density at radius 1 is 1.06 bits per heavy atom. The minimum Gasteiger partial charge on any atom is -0.512 e. The zero-order valence-corrected chi connectivity index (χ0v) is 21.5. The van der Waals surface area contributed by atoms with Crippen LogP contribution in [-0.2, 0) is 4.74 Å². The van der Waals surface area contributed by atoms with Gasteiger partial charge in [0.05, 0.1) is 10.5 Å². The van der Waals surface area contributed by atoms with Crippen LogP contribution in [0.25, 0.3) is 10.1 Å². The van der Waals surface area contributed by atoms with E-state index in [0.717, 1.165) is 89.3 Å². The van der Waals surface area contributed by atoms with Crippen molar-refractivity contribution in [3.63, 3.8) is 0 Å². The van der Waals surface area contributed by atoms with Gasteiger partial charge < -0.3 is 19.8 Å². The lowest BCUT2D eigenvalue weighted by atomic mass is 10.0. The number of ether oxygens (including phenoxy) is 1. The third kappa shape index (κ3) is 8.41. The van der Waals surface area contributed by atoms with Crippen molar-refractivity contribution >= 4 is 27.4 Å². The summed E-state index contributed by atoms with van der Waals surface area (Å²) in [5.74, 6) is 1.59. The zero-order chi connectivity index (χ0) is 24.1. The number of anilines is 1. The van der Waals surface area contributed by atoms with Crippen molar-refractivity contribution in [2.45, 2.75) is 46.5 Å². The Morgan fingerprint density at radius 3 is 2.45 bits per heavy atom. The predicted molar refractivity (Wildman–Crippen MR) is 140 cm³/mol. The van der Waals surface area contributed by atoms with Crippen molar-refractivity contribution in [1.82, 2.24) is 9.27 Å². The van der Waals surface area contributed by atoms with Gasteiger partial charge in [0, 0.05) is 51.9 Å². The molecular formula is C26H41N3O3S. The van der Waals surface area contributed by atoms with Crippen molar-refractivity contribution in [3.8, 4) is 0 Å². The van der Waals surface area contributed by atoms with Gasteiger partial charge in [-0.25, -0.2) is 0 Å². The number of hydrogen-bond donors (Lipinski definition) is 2. The highest BCUT2D eigenvalue weighted by Crippen LogP contribution is 2.29. The van der Waals surface area contributed by atoms with E-state index in [1.165, 1.54) is 16.5 Å². The number of hydrogen-bond acceptors (Lipinski definition) is 7. The third-order valence-electron chi connectivity index (χ3n) is 6.10. The fourth-order valence-electron chi connectivity index (χ4n) is 4.11. The number of nitrogens with zero attached hydrogens (tertiary/aromatic N) is 3. The van der Waals surface area contributed by atoms with Crippen molar-refractivity contribution in [2.75, 3.05) is 57.9 Å². The Bertz CT molecular complexity index is 882. The van der Waals surface area contributed by atoms with E-state index in [9.17, 15) is 5.11 Å². The number of allylic oxidation sites excluding steroid dienone is 4. The summed E-state index contributed by atoms with van der Waals surface area (Å²) in [4.78, 5) is 5.00. The van der Waals surface area contributed by atoms with Gasteiger partial charge in [-0.2, -0.15) is 4.37 Å². The Morgan fingerprint density at radius 2 is 1.76 bits per heavy atom. The molecule has 184 valence electrons. The molecule has 2 N–H and O–H groups in total. The van der Waals surface area contributed by atoms with E-state index in [0.29, 0.717) is 5.76 Å². The van der Waals surface area contributed by atoms with E-state index in [1.807, 2.05) is 6.92 Å². The van der Waals surface area contributed by atoms with Gasteiger partial charge in [-0.15, -0.1) is 0 Å². The molecule has 0 bridgehead atoms. The Hall–Kier alpha value is -1.93. The second-order valence-electron chi connectivity index (χ2n) is 8.29. The van der Waals surface area contributed by atoms with Crippen LogP contribution in [0.3, 0.4) is 0 Å². The molecule has 0 unspecified atom stereocenters. The van der Waals surface area contributed by atoms with E-state index in [4.69, 9.17) is 14.2 Å². The molecule has 0 atom stereocenters. The minimum absolute atomic E-state index is 0.429. The lowest BCUT2D eigenvalue weighted by molar-refractivity contribution is 0.124. The normalized spacial score (nSPS) is 15.9. The van der Waals surface area contributed by atoms with Crippen LogP contribution in [0.2, 0.25) is 0 Å². The maximum absolute atomic E-state index is 9.81. The molecule has 3 rings (SSSR count). The fourth-order valence-corrected chi connectivity index (χ4v) is 4.91. The zero-order valence-electron chi connectivity index (χ0n) is 20.7. The largest absolute Gasteiger partial charge is 0.512 e. The first-order valence-electron chi connectivity index (χ1n) is 12.0. The SMILES string of the molecule is C/C=C(C)\C(CCCOCCCCN1CCN(c2nsc3ccccc23)CC1)=C(\C)O.CO. The average molecular weight is 476 g/mol. The standard InChI is InChI=1S/C25H37N3O2S.CH4O/c1-4-20(2)22(21(3)29)11-9-19-30-18-8-7-13-27-14-16-28(17-15-27)25-23-10-5-6-12-24(23)31-26-25;1-2/h4-6,10,12,29H,7-9,11,13-19H2,1-3H3;2H,1H3/b20-4-,22-21-;. The fraction of sp³-hybridized carbons (Fsp3) is 0.577. The summed E-state index contributed by atoms with van der Waals surface area (Å²) in [6, 6.07) is 8.53. The molecule has 6 nitrogen and oxygen atoms in total. The van der Waals surface area contributed by atoms with Crippen molar-refractivity contribution < 1.29 is 14.9 Å². The monoisotopic (exact) mass is 475 g/mol. The highest BCUT2D eigenvalue weighted by atomic mass is 32.1. The Balaban J connectivity index is 0.00000187. The van der Waals surface area contributed by atoms with Gasteiger partial charge in [-0.1, -0.05) is 18.2 Å². The molecule has 0 amide bonds. The van der Waals surface area contributed by atoms with Crippen molar-refractivity contribution in [1.29, 1.82) is 0 Å². The number of aromatic nitrogens is 1.